The van der Waals surface area contributed by atoms with Crippen molar-refractivity contribution >= 4 is 17.7 Å². The smallest absolute Gasteiger partial charge is 0.229 e. The lowest BCUT2D eigenvalue weighted by Gasteiger charge is -2.28. The normalized spacial score (nSPS) is 19.4. The van der Waals surface area contributed by atoms with E-state index < -0.39 is 0 Å². The molecule has 2 fully saturated rings. The highest BCUT2D eigenvalue weighted by atomic mass is 16.2. The Kier molecular flexibility index (Phi) is 5.81. The van der Waals surface area contributed by atoms with Crippen molar-refractivity contribution in [3.8, 4) is 0 Å². The molecule has 2 heterocycles. The van der Waals surface area contributed by atoms with Gasteiger partial charge in [0.05, 0.1) is 6.04 Å². The van der Waals surface area contributed by atoms with Crippen LogP contribution in [0.5, 0.6) is 0 Å². The summed E-state index contributed by atoms with van der Waals surface area (Å²) in [5, 5.41) is 2.98. The number of amides is 3. The van der Waals surface area contributed by atoms with E-state index in [9.17, 15) is 14.4 Å². The molecule has 3 rings (SSSR count). The van der Waals surface area contributed by atoms with Gasteiger partial charge < -0.3 is 5.32 Å². The maximum Gasteiger partial charge on any atom is 0.229 e. The lowest BCUT2D eigenvalue weighted by Crippen LogP contribution is -2.38. The zero-order valence-electron chi connectivity index (χ0n) is 14.4. The van der Waals surface area contributed by atoms with Crippen LogP contribution in [0.4, 0.5) is 0 Å². The predicted octanol–water partition coefficient (Wildman–Crippen LogP) is 1.48. The molecule has 25 heavy (non-hydrogen) atoms. The van der Waals surface area contributed by atoms with Gasteiger partial charge in [-0.3, -0.25) is 24.2 Å². The van der Waals surface area contributed by atoms with E-state index in [0.717, 1.165) is 13.1 Å². The fourth-order valence-corrected chi connectivity index (χ4v) is 3.57. The fraction of sp³-hybridized carbons (Fsp3) is 0.526. The van der Waals surface area contributed by atoms with Crippen molar-refractivity contribution in [2.75, 3.05) is 26.2 Å². The molecule has 1 atom stereocenters. The Bertz CT molecular complexity index is 610. The summed E-state index contributed by atoms with van der Waals surface area (Å²) in [7, 11) is 0. The number of benzene rings is 1. The summed E-state index contributed by atoms with van der Waals surface area (Å²) in [6.45, 7) is 2.83. The number of hydrogen-bond donors (Lipinski definition) is 1. The quantitative estimate of drug-likeness (QED) is 0.762. The first kappa shape index (κ1) is 17.6. The minimum Gasteiger partial charge on any atom is -0.354 e. The van der Waals surface area contributed by atoms with Gasteiger partial charge in [0.25, 0.3) is 0 Å². The van der Waals surface area contributed by atoms with Crippen LogP contribution in [0.25, 0.3) is 0 Å². The van der Waals surface area contributed by atoms with Gasteiger partial charge in [-0.2, -0.15) is 0 Å². The summed E-state index contributed by atoms with van der Waals surface area (Å²) in [5.41, 5.74) is 1.20. The third kappa shape index (κ3) is 4.45. The first-order chi connectivity index (χ1) is 12.1. The van der Waals surface area contributed by atoms with Gasteiger partial charge in [-0.05, 0) is 31.5 Å². The molecule has 0 spiro atoms. The Morgan fingerprint density at radius 2 is 1.68 bits per heavy atom. The summed E-state index contributed by atoms with van der Waals surface area (Å²) in [4.78, 5) is 39.0. The molecule has 6 heteroatoms. The van der Waals surface area contributed by atoms with E-state index in [1.807, 2.05) is 18.2 Å². The third-order valence-electron chi connectivity index (χ3n) is 4.98. The number of nitrogens with one attached hydrogen (secondary N) is 1. The third-order valence-corrected chi connectivity index (χ3v) is 4.98. The number of rotatable bonds is 7. The van der Waals surface area contributed by atoms with Crippen molar-refractivity contribution in [3.05, 3.63) is 35.9 Å². The van der Waals surface area contributed by atoms with E-state index in [0.29, 0.717) is 6.54 Å². The van der Waals surface area contributed by atoms with Crippen LogP contribution in [0.1, 0.15) is 43.7 Å². The minimum absolute atomic E-state index is 0.118. The monoisotopic (exact) mass is 343 g/mol. The van der Waals surface area contributed by atoms with Gasteiger partial charge in [0.15, 0.2) is 0 Å². The van der Waals surface area contributed by atoms with Crippen molar-refractivity contribution in [1.29, 1.82) is 0 Å². The van der Waals surface area contributed by atoms with E-state index in [-0.39, 0.29) is 49.6 Å². The topological polar surface area (TPSA) is 69.7 Å². The van der Waals surface area contributed by atoms with Gasteiger partial charge in [-0.25, -0.2) is 0 Å². The van der Waals surface area contributed by atoms with Crippen LogP contribution in [0.2, 0.25) is 0 Å². The maximum atomic E-state index is 12.2. The predicted molar refractivity (Wildman–Crippen MR) is 93.6 cm³/mol. The second-order valence-electron chi connectivity index (χ2n) is 6.66. The minimum atomic E-state index is -0.169. The van der Waals surface area contributed by atoms with Gasteiger partial charge in [-0.1, -0.05) is 30.3 Å². The van der Waals surface area contributed by atoms with E-state index in [1.165, 1.54) is 23.3 Å². The number of likely N-dealkylation sites (tertiary alicyclic amines) is 2. The Morgan fingerprint density at radius 3 is 2.32 bits per heavy atom. The second-order valence-corrected chi connectivity index (χ2v) is 6.66. The molecule has 0 aromatic heterocycles. The lowest BCUT2D eigenvalue weighted by molar-refractivity contribution is -0.138. The number of carbonyl (C=O) groups is 3. The van der Waals surface area contributed by atoms with Crippen molar-refractivity contribution in [1.82, 2.24) is 15.1 Å². The molecule has 1 aromatic carbocycles. The van der Waals surface area contributed by atoms with Crippen LogP contribution < -0.4 is 5.32 Å². The fourth-order valence-electron chi connectivity index (χ4n) is 3.57. The number of hydrogen-bond acceptors (Lipinski definition) is 4. The summed E-state index contributed by atoms with van der Waals surface area (Å²) in [6.07, 6.45) is 3.09. The van der Waals surface area contributed by atoms with Crippen LogP contribution in [0, 0.1) is 0 Å². The molecule has 1 N–H and O–H groups in total. The molecular formula is C19H25N3O3. The zero-order chi connectivity index (χ0) is 17.6. The van der Waals surface area contributed by atoms with Gasteiger partial charge in [-0.15, -0.1) is 0 Å². The Hall–Kier alpha value is -2.21. The Morgan fingerprint density at radius 1 is 1.04 bits per heavy atom. The van der Waals surface area contributed by atoms with Crippen molar-refractivity contribution in [3.63, 3.8) is 0 Å². The van der Waals surface area contributed by atoms with Crippen LogP contribution in [0.3, 0.4) is 0 Å². The molecule has 1 unspecified atom stereocenters. The highest BCUT2D eigenvalue weighted by Gasteiger charge is 2.29. The van der Waals surface area contributed by atoms with E-state index in [2.05, 4.69) is 22.3 Å². The van der Waals surface area contributed by atoms with Gasteiger partial charge >= 0.3 is 0 Å². The van der Waals surface area contributed by atoms with E-state index in [4.69, 9.17) is 0 Å². The zero-order valence-corrected chi connectivity index (χ0v) is 14.4. The Balaban J connectivity index is 1.53. The van der Waals surface area contributed by atoms with Crippen LogP contribution >= 0.6 is 0 Å². The van der Waals surface area contributed by atoms with Crippen molar-refractivity contribution in [2.24, 2.45) is 0 Å². The number of imide groups is 1. The highest BCUT2D eigenvalue weighted by molar-refractivity contribution is 6.02. The molecule has 134 valence electrons. The van der Waals surface area contributed by atoms with Crippen molar-refractivity contribution < 1.29 is 14.4 Å². The second kappa shape index (κ2) is 8.25. The first-order valence-electron chi connectivity index (χ1n) is 9.04. The van der Waals surface area contributed by atoms with Gasteiger partial charge in [0, 0.05) is 32.4 Å². The average molecular weight is 343 g/mol. The first-order valence-corrected chi connectivity index (χ1v) is 9.04. The molecule has 2 aliphatic heterocycles. The van der Waals surface area contributed by atoms with Crippen LogP contribution in [0.15, 0.2) is 30.3 Å². The average Bonchev–Trinajstić information content (AvgIpc) is 3.25. The summed E-state index contributed by atoms with van der Waals surface area (Å²) < 4.78 is 0. The molecule has 1 aromatic rings. The van der Waals surface area contributed by atoms with Crippen molar-refractivity contribution in [2.45, 2.75) is 38.1 Å². The lowest BCUT2D eigenvalue weighted by atomic mass is 10.1. The van der Waals surface area contributed by atoms with Crippen LogP contribution in [-0.2, 0) is 14.4 Å². The summed E-state index contributed by atoms with van der Waals surface area (Å²) in [5.74, 6) is -0.457. The molecule has 3 amide bonds. The summed E-state index contributed by atoms with van der Waals surface area (Å²) in [6, 6.07) is 10.4. The molecule has 2 saturated heterocycles. The SMILES string of the molecule is O=C(CCN1C(=O)CCC1=O)NCC(c1ccccc1)N1CCCC1. The number of nitrogens with zero attached hydrogens (tertiary/aromatic N) is 2. The van der Waals surface area contributed by atoms with E-state index >= 15 is 0 Å². The van der Waals surface area contributed by atoms with E-state index in [1.54, 1.807) is 0 Å². The Labute approximate surface area is 148 Å². The van der Waals surface area contributed by atoms with Gasteiger partial charge in [0.1, 0.15) is 0 Å². The standard InChI is InChI=1S/C19H25N3O3/c23-17(10-13-22-18(24)8-9-19(22)25)20-14-16(21-11-4-5-12-21)15-6-2-1-3-7-15/h1-3,6-7,16H,4-5,8-14H2,(H,20,23). The van der Waals surface area contributed by atoms with Crippen LogP contribution in [-0.4, -0.2) is 53.7 Å². The molecule has 0 bridgehead atoms. The maximum absolute atomic E-state index is 12.2. The molecule has 0 saturated carbocycles. The summed E-state index contributed by atoms with van der Waals surface area (Å²) >= 11 is 0. The highest BCUT2D eigenvalue weighted by Crippen LogP contribution is 2.24. The largest absolute Gasteiger partial charge is 0.354 e. The number of carbonyl (C=O) groups excluding carboxylic acids is 3. The molecule has 6 nitrogen and oxygen atoms in total. The molecule has 2 aliphatic rings. The molecular weight excluding hydrogens is 318 g/mol. The molecule has 0 radical (unpaired) electrons. The van der Waals surface area contributed by atoms with Gasteiger partial charge in [0.2, 0.25) is 17.7 Å². The molecule has 0 aliphatic carbocycles.